The van der Waals surface area contributed by atoms with Crippen LogP contribution >= 0.6 is 11.6 Å². The molecule has 0 heterocycles. The zero-order valence-electron chi connectivity index (χ0n) is 9.53. The highest BCUT2D eigenvalue weighted by molar-refractivity contribution is 6.30. The third-order valence-electron chi connectivity index (χ3n) is 3.07. The number of carbonyl (C=O) groups excluding carboxylic acids is 1. The van der Waals surface area contributed by atoms with Gasteiger partial charge in [0.15, 0.2) is 0 Å². The second-order valence-corrected chi connectivity index (χ2v) is 4.94. The third-order valence-corrected chi connectivity index (χ3v) is 3.30. The molecule has 92 valence electrons. The van der Waals surface area contributed by atoms with E-state index in [1.165, 1.54) is 0 Å². The Balaban J connectivity index is 1.97. The quantitative estimate of drug-likeness (QED) is 0.850. The first-order valence-electron chi connectivity index (χ1n) is 5.89. The van der Waals surface area contributed by atoms with Crippen molar-refractivity contribution in [1.82, 2.24) is 5.32 Å². The number of nitrogens with one attached hydrogen (secondary N) is 1. The number of hydrogen-bond acceptors (Lipinski definition) is 2. The van der Waals surface area contributed by atoms with E-state index in [4.69, 9.17) is 11.6 Å². The van der Waals surface area contributed by atoms with Crippen LogP contribution in [0.15, 0.2) is 24.3 Å². The molecule has 4 heteroatoms. The molecule has 1 aromatic rings. The van der Waals surface area contributed by atoms with Gasteiger partial charge in [-0.15, -0.1) is 0 Å². The number of carbonyl (C=O) groups is 1. The number of amides is 1. The Labute approximate surface area is 106 Å². The fourth-order valence-electron chi connectivity index (χ4n) is 2.19. The minimum atomic E-state index is -0.284. The van der Waals surface area contributed by atoms with Gasteiger partial charge in [0.25, 0.3) is 5.91 Å². The lowest BCUT2D eigenvalue weighted by Crippen LogP contribution is -2.39. The summed E-state index contributed by atoms with van der Waals surface area (Å²) < 4.78 is 0. The molecule has 0 saturated heterocycles. The van der Waals surface area contributed by atoms with Crippen molar-refractivity contribution in [1.29, 1.82) is 0 Å². The largest absolute Gasteiger partial charge is 0.393 e. The van der Waals surface area contributed by atoms with Crippen molar-refractivity contribution in [3.05, 3.63) is 34.9 Å². The maximum atomic E-state index is 11.9. The molecule has 0 aliphatic heterocycles. The number of aliphatic hydroxyl groups excluding tert-OH is 1. The molecule has 1 aromatic carbocycles. The average Bonchev–Trinajstić information content (AvgIpc) is 2.29. The summed E-state index contributed by atoms with van der Waals surface area (Å²) in [5.41, 5.74) is 0.567. The van der Waals surface area contributed by atoms with E-state index >= 15 is 0 Å². The minimum Gasteiger partial charge on any atom is -0.393 e. The highest BCUT2D eigenvalue weighted by atomic mass is 35.5. The van der Waals surface area contributed by atoms with Crippen LogP contribution in [0.3, 0.4) is 0 Å². The maximum absolute atomic E-state index is 11.9. The van der Waals surface area contributed by atoms with Crippen LogP contribution in [0.2, 0.25) is 5.02 Å². The lowest BCUT2D eigenvalue weighted by Gasteiger charge is -2.26. The topological polar surface area (TPSA) is 49.3 Å². The molecule has 0 aromatic heterocycles. The molecule has 1 fully saturated rings. The van der Waals surface area contributed by atoms with Crippen molar-refractivity contribution < 1.29 is 9.90 Å². The summed E-state index contributed by atoms with van der Waals surface area (Å²) >= 11 is 5.83. The summed E-state index contributed by atoms with van der Waals surface area (Å²) in [6.07, 6.45) is 3.09. The van der Waals surface area contributed by atoms with Gasteiger partial charge in [-0.05, 0) is 43.9 Å². The standard InChI is InChI=1S/C13H16ClNO2/c14-10-4-1-3-9(7-10)13(17)15-11-5-2-6-12(16)8-11/h1,3-4,7,11-12,16H,2,5-6,8H2,(H,15,17). The molecule has 0 spiro atoms. The maximum Gasteiger partial charge on any atom is 0.251 e. The number of rotatable bonds is 2. The van der Waals surface area contributed by atoms with E-state index in [1.54, 1.807) is 24.3 Å². The summed E-state index contributed by atoms with van der Waals surface area (Å²) in [4.78, 5) is 11.9. The van der Waals surface area contributed by atoms with Gasteiger partial charge in [-0.3, -0.25) is 4.79 Å². The van der Waals surface area contributed by atoms with Crippen LogP contribution in [-0.4, -0.2) is 23.2 Å². The van der Waals surface area contributed by atoms with Crippen LogP contribution < -0.4 is 5.32 Å². The van der Waals surface area contributed by atoms with Gasteiger partial charge in [0.2, 0.25) is 0 Å². The van der Waals surface area contributed by atoms with E-state index in [0.29, 0.717) is 17.0 Å². The van der Waals surface area contributed by atoms with E-state index in [9.17, 15) is 9.90 Å². The molecule has 2 unspecified atom stereocenters. The molecule has 1 amide bonds. The number of halogens is 1. The Morgan fingerprint density at radius 1 is 1.41 bits per heavy atom. The summed E-state index contributed by atoms with van der Waals surface area (Å²) in [6, 6.07) is 6.96. The minimum absolute atomic E-state index is 0.0743. The van der Waals surface area contributed by atoms with Crippen molar-refractivity contribution in [2.75, 3.05) is 0 Å². The summed E-state index contributed by atoms with van der Waals surface area (Å²) in [7, 11) is 0. The molecule has 1 aliphatic rings. The van der Waals surface area contributed by atoms with E-state index < -0.39 is 0 Å². The van der Waals surface area contributed by atoms with Gasteiger partial charge in [0, 0.05) is 16.6 Å². The van der Waals surface area contributed by atoms with E-state index in [1.807, 2.05) is 0 Å². The molecule has 0 bridgehead atoms. The predicted molar refractivity (Wildman–Crippen MR) is 67.2 cm³/mol. The first kappa shape index (κ1) is 12.4. The number of hydrogen-bond donors (Lipinski definition) is 2. The normalized spacial score (nSPS) is 24.4. The molecule has 17 heavy (non-hydrogen) atoms. The van der Waals surface area contributed by atoms with Crippen molar-refractivity contribution in [2.45, 2.75) is 37.8 Å². The van der Waals surface area contributed by atoms with Crippen LogP contribution in [0.4, 0.5) is 0 Å². The molecule has 2 atom stereocenters. The monoisotopic (exact) mass is 253 g/mol. The molecule has 0 radical (unpaired) electrons. The fraction of sp³-hybridized carbons (Fsp3) is 0.462. The van der Waals surface area contributed by atoms with E-state index in [2.05, 4.69) is 5.32 Å². The van der Waals surface area contributed by atoms with Gasteiger partial charge in [0.05, 0.1) is 6.10 Å². The van der Waals surface area contributed by atoms with Crippen LogP contribution in [0, 0.1) is 0 Å². The average molecular weight is 254 g/mol. The number of aliphatic hydroxyl groups is 1. The zero-order valence-corrected chi connectivity index (χ0v) is 10.3. The molecular formula is C13H16ClNO2. The highest BCUT2D eigenvalue weighted by Crippen LogP contribution is 2.19. The molecule has 1 aliphatic carbocycles. The SMILES string of the molecule is O=C(NC1CCCC(O)C1)c1cccc(Cl)c1. The van der Waals surface area contributed by atoms with Crippen LogP contribution in [0.25, 0.3) is 0 Å². The van der Waals surface area contributed by atoms with Crippen molar-refractivity contribution in [2.24, 2.45) is 0 Å². The van der Waals surface area contributed by atoms with Gasteiger partial charge in [-0.1, -0.05) is 17.7 Å². The molecule has 3 nitrogen and oxygen atoms in total. The lowest BCUT2D eigenvalue weighted by molar-refractivity contribution is 0.0850. The zero-order chi connectivity index (χ0) is 12.3. The number of benzene rings is 1. The lowest BCUT2D eigenvalue weighted by atomic mass is 9.93. The second-order valence-electron chi connectivity index (χ2n) is 4.50. The van der Waals surface area contributed by atoms with Crippen LogP contribution in [0.5, 0.6) is 0 Å². The highest BCUT2D eigenvalue weighted by Gasteiger charge is 2.21. The van der Waals surface area contributed by atoms with E-state index in [0.717, 1.165) is 19.3 Å². The Morgan fingerprint density at radius 2 is 2.24 bits per heavy atom. The summed E-state index contributed by atoms with van der Waals surface area (Å²) in [5, 5.41) is 13.0. The fourth-order valence-corrected chi connectivity index (χ4v) is 2.38. The van der Waals surface area contributed by atoms with Crippen molar-refractivity contribution in [3.63, 3.8) is 0 Å². The van der Waals surface area contributed by atoms with Gasteiger partial charge >= 0.3 is 0 Å². The molecule has 2 rings (SSSR count). The van der Waals surface area contributed by atoms with Gasteiger partial charge in [-0.25, -0.2) is 0 Å². The Hall–Kier alpha value is -1.06. The Bertz CT molecular complexity index is 408. The first-order valence-corrected chi connectivity index (χ1v) is 6.27. The third kappa shape index (κ3) is 3.45. The van der Waals surface area contributed by atoms with E-state index in [-0.39, 0.29) is 18.1 Å². The summed E-state index contributed by atoms with van der Waals surface area (Å²) in [6.45, 7) is 0. The molecule has 2 N–H and O–H groups in total. The molecule has 1 saturated carbocycles. The van der Waals surface area contributed by atoms with Gasteiger partial charge in [0.1, 0.15) is 0 Å². The second kappa shape index (κ2) is 5.52. The first-order chi connectivity index (χ1) is 8.15. The van der Waals surface area contributed by atoms with Gasteiger partial charge in [-0.2, -0.15) is 0 Å². The van der Waals surface area contributed by atoms with Crippen molar-refractivity contribution in [3.8, 4) is 0 Å². The predicted octanol–water partition coefficient (Wildman–Crippen LogP) is 2.37. The Morgan fingerprint density at radius 3 is 2.94 bits per heavy atom. The Kier molecular flexibility index (Phi) is 4.02. The summed E-state index contributed by atoms with van der Waals surface area (Å²) in [5.74, 6) is -0.119. The van der Waals surface area contributed by atoms with Crippen LogP contribution in [-0.2, 0) is 0 Å². The van der Waals surface area contributed by atoms with Crippen molar-refractivity contribution >= 4 is 17.5 Å². The molecular weight excluding hydrogens is 238 g/mol. The van der Waals surface area contributed by atoms with Gasteiger partial charge < -0.3 is 10.4 Å². The van der Waals surface area contributed by atoms with Crippen LogP contribution in [0.1, 0.15) is 36.0 Å². The smallest absolute Gasteiger partial charge is 0.251 e.